The lowest BCUT2D eigenvalue weighted by atomic mass is 10.2. The molecule has 120 valence electrons. The zero-order chi connectivity index (χ0) is 15.9. The molecular weight excluding hydrogens is 288 g/mol. The van der Waals surface area contributed by atoms with E-state index in [1.54, 1.807) is 19.1 Å². The number of hydrogen-bond donors (Lipinski definition) is 2. The van der Waals surface area contributed by atoms with E-state index in [1.807, 2.05) is 0 Å². The molecule has 0 aliphatic rings. The number of hydrogen-bond acceptors (Lipinski definition) is 4. The van der Waals surface area contributed by atoms with Crippen molar-refractivity contribution >= 4 is 15.7 Å². The Balaban J connectivity index is 2.90. The molecule has 6 heteroatoms. The minimum absolute atomic E-state index is 0.123. The smallest absolute Gasteiger partial charge is 0.243 e. The van der Waals surface area contributed by atoms with Gasteiger partial charge >= 0.3 is 0 Å². The molecule has 0 radical (unpaired) electrons. The van der Waals surface area contributed by atoms with Gasteiger partial charge in [0.05, 0.1) is 11.5 Å². The number of aliphatic hydroxyl groups is 1. The zero-order valence-corrected chi connectivity index (χ0v) is 13.7. The van der Waals surface area contributed by atoms with Crippen LogP contribution in [0.1, 0.15) is 38.2 Å². The highest BCUT2D eigenvalue weighted by Crippen LogP contribution is 2.21. The third-order valence-corrected chi connectivity index (χ3v) is 5.38. The highest BCUT2D eigenvalue weighted by molar-refractivity contribution is 7.89. The van der Waals surface area contributed by atoms with Gasteiger partial charge < -0.3 is 10.8 Å². The molecule has 0 aromatic heterocycles. The summed E-state index contributed by atoms with van der Waals surface area (Å²) in [6.45, 7) is 4.27. The molecule has 0 bridgehead atoms. The van der Waals surface area contributed by atoms with Gasteiger partial charge in [-0.2, -0.15) is 4.31 Å². The maximum atomic E-state index is 12.6. The molecule has 0 saturated heterocycles. The Morgan fingerprint density at radius 3 is 2.48 bits per heavy atom. The molecule has 0 atom stereocenters. The van der Waals surface area contributed by atoms with E-state index in [0.717, 1.165) is 31.2 Å². The summed E-state index contributed by atoms with van der Waals surface area (Å²) in [5.41, 5.74) is 7.05. The quantitative estimate of drug-likeness (QED) is 0.540. The summed E-state index contributed by atoms with van der Waals surface area (Å²) < 4.78 is 26.6. The van der Waals surface area contributed by atoms with Crippen molar-refractivity contribution < 1.29 is 13.5 Å². The first-order chi connectivity index (χ1) is 9.93. The second-order valence-electron chi connectivity index (χ2n) is 5.21. The Morgan fingerprint density at radius 1 is 1.19 bits per heavy atom. The minimum Gasteiger partial charge on any atom is -0.399 e. The van der Waals surface area contributed by atoms with E-state index >= 15 is 0 Å². The zero-order valence-electron chi connectivity index (χ0n) is 12.9. The normalized spacial score (nSPS) is 12.0. The first-order valence-electron chi connectivity index (χ1n) is 7.40. The molecule has 3 N–H and O–H groups in total. The van der Waals surface area contributed by atoms with E-state index in [2.05, 4.69) is 6.92 Å². The summed E-state index contributed by atoms with van der Waals surface area (Å²) in [5, 5.41) is 9.12. The predicted octanol–water partition coefficient (Wildman–Crippen LogP) is 2.14. The second kappa shape index (κ2) is 8.36. The number of anilines is 1. The van der Waals surface area contributed by atoms with Gasteiger partial charge in [0.1, 0.15) is 0 Å². The summed E-state index contributed by atoms with van der Waals surface area (Å²) in [4.78, 5) is 0.234. The van der Waals surface area contributed by atoms with Crippen LogP contribution in [0.3, 0.4) is 0 Å². The van der Waals surface area contributed by atoms with Crippen molar-refractivity contribution in [2.45, 2.75) is 44.4 Å². The van der Waals surface area contributed by atoms with E-state index in [0.29, 0.717) is 12.2 Å². The molecule has 0 aliphatic heterocycles. The Bertz CT molecular complexity index is 544. The fourth-order valence-corrected chi connectivity index (χ4v) is 3.69. The van der Waals surface area contributed by atoms with Gasteiger partial charge in [-0.25, -0.2) is 8.42 Å². The summed E-state index contributed by atoms with van der Waals surface area (Å²) in [6.07, 6.45) is 3.99. The summed E-state index contributed by atoms with van der Waals surface area (Å²) in [6, 6.07) is 4.71. The molecule has 21 heavy (non-hydrogen) atoms. The van der Waals surface area contributed by atoms with Crippen LogP contribution in [0.15, 0.2) is 23.1 Å². The van der Waals surface area contributed by atoms with E-state index in [-0.39, 0.29) is 18.0 Å². The number of nitrogens with zero attached hydrogens (tertiary/aromatic N) is 1. The van der Waals surface area contributed by atoms with Crippen molar-refractivity contribution in [1.82, 2.24) is 4.31 Å². The van der Waals surface area contributed by atoms with Crippen molar-refractivity contribution in [3.05, 3.63) is 23.8 Å². The van der Waals surface area contributed by atoms with Gasteiger partial charge in [-0.1, -0.05) is 26.2 Å². The molecule has 1 aromatic carbocycles. The van der Waals surface area contributed by atoms with Crippen molar-refractivity contribution in [1.29, 1.82) is 0 Å². The maximum Gasteiger partial charge on any atom is 0.243 e. The highest BCUT2D eigenvalue weighted by atomic mass is 32.2. The monoisotopic (exact) mass is 314 g/mol. The number of aryl methyl sites for hydroxylation is 1. The Kier molecular flexibility index (Phi) is 7.14. The molecular formula is C15H26N2O3S. The van der Waals surface area contributed by atoms with E-state index in [9.17, 15) is 8.42 Å². The van der Waals surface area contributed by atoms with Gasteiger partial charge in [-0.15, -0.1) is 0 Å². The number of sulfonamides is 1. The third kappa shape index (κ3) is 4.98. The molecule has 1 aromatic rings. The second-order valence-corrected chi connectivity index (χ2v) is 7.14. The van der Waals surface area contributed by atoms with Gasteiger partial charge in [0.15, 0.2) is 0 Å². The van der Waals surface area contributed by atoms with Crippen LogP contribution in [0, 0.1) is 6.92 Å². The number of nitrogens with two attached hydrogens (primary N) is 1. The largest absolute Gasteiger partial charge is 0.399 e. The maximum absolute atomic E-state index is 12.6. The fraction of sp³-hybridized carbons (Fsp3) is 0.600. The Labute approximate surface area is 127 Å². The third-order valence-electron chi connectivity index (χ3n) is 3.49. The van der Waals surface area contributed by atoms with Gasteiger partial charge in [0.2, 0.25) is 10.0 Å². The molecule has 0 amide bonds. The number of benzene rings is 1. The van der Waals surface area contributed by atoms with Crippen molar-refractivity contribution in [2.75, 3.05) is 25.4 Å². The van der Waals surface area contributed by atoms with Crippen molar-refractivity contribution in [2.24, 2.45) is 0 Å². The van der Waals surface area contributed by atoms with Gasteiger partial charge in [-0.05, 0) is 37.1 Å². The number of rotatable bonds is 9. The molecule has 0 aliphatic carbocycles. The van der Waals surface area contributed by atoms with Crippen LogP contribution in [-0.4, -0.2) is 37.5 Å². The SMILES string of the molecule is CCCCCCN(CCO)S(=O)(=O)c1ccc(N)c(C)c1. The topological polar surface area (TPSA) is 83.6 Å². The van der Waals surface area contributed by atoms with E-state index < -0.39 is 10.0 Å². The molecule has 5 nitrogen and oxygen atoms in total. The summed E-state index contributed by atoms with van der Waals surface area (Å²) >= 11 is 0. The molecule has 0 spiro atoms. The van der Waals surface area contributed by atoms with E-state index in [4.69, 9.17) is 10.8 Å². The van der Waals surface area contributed by atoms with Crippen molar-refractivity contribution in [3.8, 4) is 0 Å². The summed E-state index contributed by atoms with van der Waals surface area (Å²) in [7, 11) is -3.57. The Morgan fingerprint density at radius 2 is 1.90 bits per heavy atom. The van der Waals surface area contributed by atoms with Gasteiger partial charge in [0, 0.05) is 18.8 Å². The van der Waals surface area contributed by atoms with Gasteiger partial charge in [-0.3, -0.25) is 0 Å². The van der Waals surface area contributed by atoms with Gasteiger partial charge in [0.25, 0.3) is 0 Å². The van der Waals surface area contributed by atoms with Crippen LogP contribution in [0.4, 0.5) is 5.69 Å². The lowest BCUT2D eigenvalue weighted by Gasteiger charge is -2.21. The van der Waals surface area contributed by atoms with Crippen LogP contribution < -0.4 is 5.73 Å². The number of nitrogen functional groups attached to an aromatic ring is 1. The standard InChI is InChI=1S/C15H26N2O3S/c1-3-4-5-6-9-17(10-11-18)21(19,20)14-7-8-15(16)13(2)12-14/h7-8,12,18H,3-6,9-11,16H2,1-2H3. The average Bonchev–Trinajstić information content (AvgIpc) is 2.45. The number of aliphatic hydroxyl groups excluding tert-OH is 1. The Hall–Kier alpha value is -1.11. The average molecular weight is 314 g/mol. The molecule has 0 fully saturated rings. The lowest BCUT2D eigenvalue weighted by Crippen LogP contribution is -2.34. The van der Waals surface area contributed by atoms with Crippen LogP contribution in [0.25, 0.3) is 0 Å². The van der Waals surface area contributed by atoms with E-state index in [1.165, 1.54) is 10.4 Å². The first kappa shape index (κ1) is 17.9. The number of unbranched alkanes of at least 4 members (excludes halogenated alkanes) is 3. The summed E-state index contributed by atoms with van der Waals surface area (Å²) in [5.74, 6) is 0. The van der Waals surface area contributed by atoms with Crippen LogP contribution in [-0.2, 0) is 10.0 Å². The predicted molar refractivity (Wildman–Crippen MR) is 85.6 cm³/mol. The highest BCUT2D eigenvalue weighted by Gasteiger charge is 2.23. The van der Waals surface area contributed by atoms with Crippen molar-refractivity contribution in [3.63, 3.8) is 0 Å². The lowest BCUT2D eigenvalue weighted by molar-refractivity contribution is 0.251. The molecule has 0 heterocycles. The van der Waals surface area contributed by atoms with Crippen LogP contribution in [0.5, 0.6) is 0 Å². The molecule has 0 saturated carbocycles. The fourth-order valence-electron chi connectivity index (χ4n) is 2.14. The molecule has 0 unspecified atom stereocenters. The molecule has 1 rings (SSSR count). The van der Waals surface area contributed by atoms with Crippen LogP contribution in [0.2, 0.25) is 0 Å². The van der Waals surface area contributed by atoms with Crippen LogP contribution >= 0.6 is 0 Å². The first-order valence-corrected chi connectivity index (χ1v) is 8.84. The minimum atomic E-state index is -3.57.